The lowest BCUT2D eigenvalue weighted by molar-refractivity contribution is -0.116. The third-order valence-corrected chi connectivity index (χ3v) is 6.09. The van der Waals surface area contributed by atoms with Crippen LogP contribution in [0.15, 0.2) is 47.8 Å². The SMILES string of the molecule is Cc1ccc2c(c1)N(C(=O)CSc1ncnc3c1[nH]c1ccc(C)cc13)CCO2. The maximum Gasteiger partial charge on any atom is 0.237 e. The van der Waals surface area contributed by atoms with Gasteiger partial charge in [0.05, 0.1) is 23.5 Å². The second kappa shape index (κ2) is 7.08. The van der Waals surface area contributed by atoms with Crippen LogP contribution in [0.5, 0.6) is 5.75 Å². The number of ether oxygens (including phenoxy) is 1. The molecule has 0 aliphatic carbocycles. The normalized spacial score (nSPS) is 13.5. The molecule has 0 saturated heterocycles. The average Bonchev–Trinajstić information content (AvgIpc) is 3.10. The van der Waals surface area contributed by atoms with E-state index in [1.807, 2.05) is 30.0 Å². The number of nitrogens with one attached hydrogen (secondary N) is 1. The number of carbonyl (C=O) groups is 1. The first-order valence-electron chi connectivity index (χ1n) is 9.50. The first kappa shape index (κ1) is 18.0. The molecule has 0 saturated carbocycles. The fourth-order valence-electron chi connectivity index (χ4n) is 3.69. The van der Waals surface area contributed by atoms with E-state index in [1.165, 1.54) is 17.3 Å². The van der Waals surface area contributed by atoms with Gasteiger partial charge in [-0.2, -0.15) is 0 Å². The highest BCUT2D eigenvalue weighted by Crippen LogP contribution is 2.34. The topological polar surface area (TPSA) is 71.1 Å². The predicted octanol–water partition coefficient (Wildman–Crippen LogP) is 4.25. The molecule has 6 nitrogen and oxygen atoms in total. The molecule has 5 rings (SSSR count). The van der Waals surface area contributed by atoms with Gasteiger partial charge in [0.1, 0.15) is 29.2 Å². The number of aryl methyl sites for hydroxylation is 2. The zero-order chi connectivity index (χ0) is 20.0. The number of amides is 1. The zero-order valence-corrected chi connectivity index (χ0v) is 17.0. The number of nitrogens with zero attached hydrogens (tertiary/aromatic N) is 3. The van der Waals surface area contributed by atoms with Crippen LogP contribution in [0.2, 0.25) is 0 Å². The lowest BCUT2D eigenvalue weighted by atomic mass is 10.1. The highest BCUT2D eigenvalue weighted by Gasteiger charge is 2.24. The number of benzene rings is 2. The molecule has 0 radical (unpaired) electrons. The van der Waals surface area contributed by atoms with E-state index in [-0.39, 0.29) is 5.91 Å². The summed E-state index contributed by atoms with van der Waals surface area (Å²) in [5, 5.41) is 1.86. The van der Waals surface area contributed by atoms with E-state index < -0.39 is 0 Å². The van der Waals surface area contributed by atoms with Crippen molar-refractivity contribution in [2.45, 2.75) is 18.9 Å². The third-order valence-electron chi connectivity index (χ3n) is 5.11. The second-order valence-electron chi connectivity index (χ2n) is 7.23. The van der Waals surface area contributed by atoms with Crippen molar-refractivity contribution in [2.75, 3.05) is 23.8 Å². The van der Waals surface area contributed by atoms with E-state index in [9.17, 15) is 4.79 Å². The molecule has 1 aliphatic heterocycles. The summed E-state index contributed by atoms with van der Waals surface area (Å²) >= 11 is 1.44. The molecule has 2 aromatic heterocycles. The number of thioether (sulfide) groups is 1. The Morgan fingerprint density at radius 2 is 2.00 bits per heavy atom. The minimum atomic E-state index is 0.0452. The molecule has 146 valence electrons. The van der Waals surface area contributed by atoms with Gasteiger partial charge >= 0.3 is 0 Å². The zero-order valence-electron chi connectivity index (χ0n) is 16.2. The predicted molar refractivity (Wildman–Crippen MR) is 116 cm³/mol. The van der Waals surface area contributed by atoms with Gasteiger partial charge in [-0.1, -0.05) is 29.5 Å². The van der Waals surface area contributed by atoms with Gasteiger partial charge in [0.2, 0.25) is 5.91 Å². The number of aromatic amines is 1. The number of rotatable bonds is 3. The van der Waals surface area contributed by atoms with Crippen molar-refractivity contribution < 1.29 is 9.53 Å². The monoisotopic (exact) mass is 404 g/mol. The lowest BCUT2D eigenvalue weighted by Crippen LogP contribution is -2.39. The highest BCUT2D eigenvalue weighted by molar-refractivity contribution is 8.00. The van der Waals surface area contributed by atoms with Crippen LogP contribution in [0, 0.1) is 13.8 Å². The molecule has 3 heterocycles. The molecule has 0 atom stereocenters. The summed E-state index contributed by atoms with van der Waals surface area (Å²) in [5.74, 6) is 1.10. The number of hydrogen-bond acceptors (Lipinski definition) is 5. The Labute approximate surface area is 172 Å². The molecule has 0 bridgehead atoms. The molecular formula is C22H20N4O2S. The lowest BCUT2D eigenvalue weighted by Gasteiger charge is -2.29. The molecule has 0 spiro atoms. The van der Waals surface area contributed by atoms with Crippen molar-refractivity contribution in [3.05, 3.63) is 53.9 Å². The van der Waals surface area contributed by atoms with Gasteiger partial charge in [0.15, 0.2) is 0 Å². The second-order valence-corrected chi connectivity index (χ2v) is 8.19. The number of anilines is 1. The fourth-order valence-corrected chi connectivity index (χ4v) is 4.52. The average molecular weight is 404 g/mol. The maximum absolute atomic E-state index is 13.0. The van der Waals surface area contributed by atoms with Crippen molar-refractivity contribution in [2.24, 2.45) is 0 Å². The first-order chi connectivity index (χ1) is 14.1. The van der Waals surface area contributed by atoms with Crippen LogP contribution in [0.4, 0.5) is 5.69 Å². The van der Waals surface area contributed by atoms with Crippen LogP contribution in [-0.4, -0.2) is 39.8 Å². The smallest absolute Gasteiger partial charge is 0.237 e. The number of carbonyl (C=O) groups excluding carboxylic acids is 1. The van der Waals surface area contributed by atoms with E-state index >= 15 is 0 Å². The van der Waals surface area contributed by atoms with Gasteiger partial charge in [0.25, 0.3) is 0 Å². The molecule has 4 aromatic rings. The number of H-pyrrole nitrogens is 1. The van der Waals surface area contributed by atoms with Crippen molar-refractivity contribution in [3.63, 3.8) is 0 Å². The Hall–Kier alpha value is -3.06. The van der Waals surface area contributed by atoms with Crippen LogP contribution in [0.3, 0.4) is 0 Å². The van der Waals surface area contributed by atoms with Crippen LogP contribution in [0.1, 0.15) is 11.1 Å². The number of fused-ring (bicyclic) bond motifs is 4. The first-order valence-corrected chi connectivity index (χ1v) is 10.5. The van der Waals surface area contributed by atoms with Gasteiger partial charge < -0.3 is 14.6 Å². The van der Waals surface area contributed by atoms with E-state index in [0.29, 0.717) is 18.9 Å². The third kappa shape index (κ3) is 3.21. The molecule has 1 amide bonds. The van der Waals surface area contributed by atoms with Gasteiger partial charge in [0, 0.05) is 10.9 Å². The van der Waals surface area contributed by atoms with E-state index in [4.69, 9.17) is 4.74 Å². The molecule has 0 unspecified atom stereocenters. The summed E-state index contributed by atoms with van der Waals surface area (Å²) in [4.78, 5) is 27.1. The molecule has 7 heteroatoms. The van der Waals surface area contributed by atoms with E-state index in [2.05, 4.69) is 40.1 Å². The van der Waals surface area contributed by atoms with E-state index in [0.717, 1.165) is 44.0 Å². The fraction of sp³-hybridized carbons (Fsp3) is 0.227. The van der Waals surface area contributed by atoms with Gasteiger partial charge in [-0.3, -0.25) is 4.79 Å². The standard InChI is InChI=1S/C22H20N4O2S/c1-13-3-5-16-15(9-13)20-21(25-16)22(24-12-23-20)29-11-19(27)26-7-8-28-18-6-4-14(2)10-17(18)26/h3-6,9-10,12,25H,7-8,11H2,1-2H3. The largest absolute Gasteiger partial charge is 0.490 e. The Balaban J connectivity index is 1.42. The molecule has 1 N–H and O–H groups in total. The van der Waals surface area contributed by atoms with Gasteiger partial charge in [-0.25, -0.2) is 9.97 Å². The van der Waals surface area contributed by atoms with Crippen molar-refractivity contribution >= 4 is 45.3 Å². The van der Waals surface area contributed by atoms with Crippen LogP contribution < -0.4 is 9.64 Å². The minimum Gasteiger partial charge on any atom is -0.490 e. The number of aromatic nitrogens is 3. The Kier molecular flexibility index (Phi) is 4.39. The summed E-state index contributed by atoms with van der Waals surface area (Å²) < 4.78 is 5.70. The summed E-state index contributed by atoms with van der Waals surface area (Å²) in [6.07, 6.45) is 1.57. The van der Waals surface area contributed by atoms with Gasteiger partial charge in [-0.15, -0.1) is 0 Å². The number of hydrogen-bond donors (Lipinski definition) is 1. The summed E-state index contributed by atoms with van der Waals surface area (Å²) in [5.41, 5.74) is 5.92. The van der Waals surface area contributed by atoms with Gasteiger partial charge in [-0.05, 0) is 43.7 Å². The Morgan fingerprint density at radius 1 is 1.17 bits per heavy atom. The minimum absolute atomic E-state index is 0.0452. The summed E-state index contributed by atoms with van der Waals surface area (Å²) in [6.45, 7) is 5.14. The molecule has 1 aliphatic rings. The van der Waals surface area contributed by atoms with Crippen molar-refractivity contribution in [1.29, 1.82) is 0 Å². The molecule has 29 heavy (non-hydrogen) atoms. The van der Waals surface area contributed by atoms with Crippen molar-refractivity contribution in [1.82, 2.24) is 15.0 Å². The van der Waals surface area contributed by atoms with Crippen LogP contribution in [-0.2, 0) is 4.79 Å². The summed E-state index contributed by atoms with van der Waals surface area (Å²) in [7, 11) is 0. The quantitative estimate of drug-likeness (QED) is 0.408. The highest BCUT2D eigenvalue weighted by atomic mass is 32.2. The van der Waals surface area contributed by atoms with Crippen molar-refractivity contribution in [3.8, 4) is 5.75 Å². The molecule has 2 aromatic carbocycles. The maximum atomic E-state index is 13.0. The Bertz CT molecular complexity index is 1250. The van der Waals surface area contributed by atoms with Crippen LogP contribution in [0.25, 0.3) is 21.9 Å². The Morgan fingerprint density at radius 3 is 2.90 bits per heavy atom. The molecule has 0 fully saturated rings. The van der Waals surface area contributed by atoms with Crippen LogP contribution >= 0.6 is 11.8 Å². The molecular weight excluding hydrogens is 384 g/mol. The summed E-state index contributed by atoms with van der Waals surface area (Å²) in [6, 6.07) is 12.2. The van der Waals surface area contributed by atoms with E-state index in [1.54, 1.807) is 6.33 Å².